The van der Waals surface area contributed by atoms with Gasteiger partial charge in [-0.3, -0.25) is 4.68 Å². The van der Waals surface area contributed by atoms with Gasteiger partial charge >= 0.3 is 0 Å². The van der Waals surface area contributed by atoms with Crippen molar-refractivity contribution in [1.29, 1.82) is 0 Å². The van der Waals surface area contributed by atoms with Crippen molar-refractivity contribution in [2.75, 3.05) is 11.9 Å². The number of rotatable bonds is 5. The second kappa shape index (κ2) is 5.79. The summed E-state index contributed by atoms with van der Waals surface area (Å²) in [4.78, 5) is 4.77. The van der Waals surface area contributed by atoms with E-state index in [0.717, 1.165) is 29.2 Å². The van der Waals surface area contributed by atoms with Gasteiger partial charge in [-0.2, -0.15) is 5.10 Å². The molecule has 5 nitrogen and oxygen atoms in total. The number of pyridine rings is 1. The Kier molecular flexibility index (Phi) is 4.11. The molecular formula is C13H17N5S. The molecular weight excluding hydrogens is 258 g/mol. The molecule has 100 valence electrons. The fourth-order valence-corrected chi connectivity index (χ4v) is 1.93. The zero-order valence-corrected chi connectivity index (χ0v) is 11.9. The molecule has 0 spiro atoms. The monoisotopic (exact) mass is 275 g/mol. The molecule has 0 aromatic carbocycles. The van der Waals surface area contributed by atoms with Crippen LogP contribution < -0.4 is 11.1 Å². The third-order valence-corrected chi connectivity index (χ3v) is 2.92. The number of nitrogens with two attached hydrogens (primary N) is 1. The summed E-state index contributed by atoms with van der Waals surface area (Å²) in [6.45, 7) is 5.43. The van der Waals surface area contributed by atoms with Crippen molar-refractivity contribution < 1.29 is 0 Å². The quantitative estimate of drug-likeness (QED) is 0.812. The molecule has 0 aliphatic rings. The zero-order valence-electron chi connectivity index (χ0n) is 11.1. The minimum atomic E-state index is 0.352. The van der Waals surface area contributed by atoms with E-state index in [9.17, 15) is 0 Å². The molecule has 0 bridgehead atoms. The number of aromatic nitrogens is 3. The lowest BCUT2D eigenvalue weighted by Crippen LogP contribution is -2.17. The summed E-state index contributed by atoms with van der Waals surface area (Å²) in [5.74, 6) is 0.733. The lowest BCUT2D eigenvalue weighted by Gasteiger charge is -2.11. The van der Waals surface area contributed by atoms with Crippen LogP contribution in [0.25, 0.3) is 0 Å². The molecule has 6 heteroatoms. The van der Waals surface area contributed by atoms with Crippen molar-refractivity contribution in [2.24, 2.45) is 5.73 Å². The summed E-state index contributed by atoms with van der Waals surface area (Å²) in [6.07, 6.45) is 3.84. The largest absolute Gasteiger partial charge is 0.389 e. The van der Waals surface area contributed by atoms with E-state index in [4.69, 9.17) is 18.0 Å². The smallest absolute Gasteiger partial charge is 0.136 e. The minimum absolute atomic E-state index is 0.352. The Morgan fingerprint density at radius 1 is 1.42 bits per heavy atom. The molecule has 0 aliphatic carbocycles. The van der Waals surface area contributed by atoms with Gasteiger partial charge < -0.3 is 11.1 Å². The maximum absolute atomic E-state index is 5.68. The first kappa shape index (κ1) is 13.5. The number of hydrogen-bond acceptors (Lipinski definition) is 4. The molecule has 0 amide bonds. The Hall–Kier alpha value is -1.95. The Morgan fingerprint density at radius 2 is 2.21 bits per heavy atom. The Bertz CT molecular complexity index is 590. The second-order valence-corrected chi connectivity index (χ2v) is 4.86. The van der Waals surface area contributed by atoms with Crippen LogP contribution >= 0.6 is 12.2 Å². The van der Waals surface area contributed by atoms with Crippen LogP contribution in [0.5, 0.6) is 0 Å². The van der Waals surface area contributed by atoms with Crippen molar-refractivity contribution in [3.63, 3.8) is 0 Å². The van der Waals surface area contributed by atoms with Crippen molar-refractivity contribution in [1.82, 2.24) is 14.8 Å². The van der Waals surface area contributed by atoms with Gasteiger partial charge in [0.15, 0.2) is 0 Å². The normalized spacial score (nSPS) is 10.4. The van der Waals surface area contributed by atoms with Crippen LogP contribution in [0.15, 0.2) is 24.5 Å². The van der Waals surface area contributed by atoms with Crippen LogP contribution in [0.1, 0.15) is 16.8 Å². The molecule has 2 aromatic rings. The van der Waals surface area contributed by atoms with Crippen LogP contribution in [0.4, 0.5) is 5.82 Å². The molecule has 0 saturated heterocycles. The fourth-order valence-electron chi connectivity index (χ4n) is 1.77. The summed E-state index contributed by atoms with van der Waals surface area (Å²) in [5, 5.41) is 7.48. The van der Waals surface area contributed by atoms with Gasteiger partial charge in [0.1, 0.15) is 10.8 Å². The van der Waals surface area contributed by atoms with E-state index in [0.29, 0.717) is 11.5 Å². The molecule has 2 rings (SSSR count). The Morgan fingerprint density at radius 3 is 2.84 bits per heavy atom. The molecule has 2 heterocycles. The van der Waals surface area contributed by atoms with Gasteiger partial charge in [-0.1, -0.05) is 12.2 Å². The van der Waals surface area contributed by atoms with Gasteiger partial charge in [0.05, 0.1) is 18.3 Å². The van der Waals surface area contributed by atoms with Crippen LogP contribution in [-0.4, -0.2) is 26.3 Å². The third kappa shape index (κ3) is 3.51. The van der Waals surface area contributed by atoms with E-state index < -0.39 is 0 Å². The average Bonchev–Trinajstić information content (AvgIpc) is 2.75. The van der Waals surface area contributed by atoms with E-state index in [2.05, 4.69) is 15.4 Å². The maximum atomic E-state index is 5.68. The maximum Gasteiger partial charge on any atom is 0.136 e. The third-order valence-electron chi connectivity index (χ3n) is 2.70. The SMILES string of the molecule is Cc1cnn(CCNc2nc(C)ccc2C(N)=S)c1. The zero-order chi connectivity index (χ0) is 13.8. The predicted octanol–water partition coefficient (Wildman–Crippen LogP) is 1.64. The number of thiocarbonyl (C=S) groups is 1. The number of hydrogen-bond donors (Lipinski definition) is 2. The topological polar surface area (TPSA) is 68.8 Å². The van der Waals surface area contributed by atoms with Crippen LogP contribution in [0.2, 0.25) is 0 Å². The highest BCUT2D eigenvalue weighted by atomic mass is 32.1. The van der Waals surface area contributed by atoms with Gasteiger partial charge in [0.2, 0.25) is 0 Å². The van der Waals surface area contributed by atoms with Crippen LogP contribution in [-0.2, 0) is 6.54 Å². The number of nitrogens with zero attached hydrogens (tertiary/aromatic N) is 3. The molecule has 0 radical (unpaired) electrons. The first-order valence-corrected chi connectivity index (χ1v) is 6.47. The van der Waals surface area contributed by atoms with E-state index in [-0.39, 0.29) is 0 Å². The lowest BCUT2D eigenvalue weighted by atomic mass is 10.2. The highest BCUT2D eigenvalue weighted by molar-refractivity contribution is 7.80. The van der Waals surface area contributed by atoms with Crippen LogP contribution in [0, 0.1) is 13.8 Å². The van der Waals surface area contributed by atoms with Gasteiger partial charge in [-0.15, -0.1) is 0 Å². The van der Waals surface area contributed by atoms with E-state index in [1.165, 1.54) is 0 Å². The predicted molar refractivity (Wildman–Crippen MR) is 80.3 cm³/mol. The van der Waals surface area contributed by atoms with Gasteiger partial charge in [-0.05, 0) is 31.5 Å². The first-order valence-electron chi connectivity index (χ1n) is 6.06. The van der Waals surface area contributed by atoms with E-state index >= 15 is 0 Å². The highest BCUT2D eigenvalue weighted by Gasteiger charge is 2.06. The van der Waals surface area contributed by atoms with E-state index in [1.807, 2.05) is 43.1 Å². The second-order valence-electron chi connectivity index (χ2n) is 4.42. The van der Waals surface area contributed by atoms with Crippen molar-refractivity contribution in [3.05, 3.63) is 41.3 Å². The first-order chi connectivity index (χ1) is 9.06. The van der Waals surface area contributed by atoms with Gasteiger partial charge in [-0.25, -0.2) is 4.98 Å². The molecule has 3 N–H and O–H groups in total. The van der Waals surface area contributed by atoms with Crippen LogP contribution in [0.3, 0.4) is 0 Å². The molecule has 0 atom stereocenters. The molecule has 0 fully saturated rings. The van der Waals surface area contributed by atoms with Crippen molar-refractivity contribution in [3.8, 4) is 0 Å². The average molecular weight is 275 g/mol. The summed E-state index contributed by atoms with van der Waals surface area (Å²) in [6, 6.07) is 3.79. The summed E-state index contributed by atoms with van der Waals surface area (Å²) < 4.78 is 1.89. The highest BCUT2D eigenvalue weighted by Crippen LogP contribution is 2.13. The Balaban J connectivity index is 2.02. The molecule has 19 heavy (non-hydrogen) atoms. The number of nitrogens with one attached hydrogen (secondary N) is 1. The summed E-state index contributed by atoms with van der Waals surface area (Å²) in [7, 11) is 0. The minimum Gasteiger partial charge on any atom is -0.389 e. The molecule has 0 saturated carbocycles. The fraction of sp³-hybridized carbons (Fsp3) is 0.308. The lowest BCUT2D eigenvalue weighted by molar-refractivity contribution is 0.636. The van der Waals surface area contributed by atoms with Gasteiger partial charge in [0, 0.05) is 18.4 Å². The number of anilines is 1. The van der Waals surface area contributed by atoms with Crippen molar-refractivity contribution in [2.45, 2.75) is 20.4 Å². The van der Waals surface area contributed by atoms with Gasteiger partial charge in [0.25, 0.3) is 0 Å². The van der Waals surface area contributed by atoms with E-state index in [1.54, 1.807) is 0 Å². The standard InChI is InChI=1S/C13H17N5S/c1-9-7-16-18(8-9)6-5-15-13-11(12(14)19)4-3-10(2)17-13/h3-4,7-8H,5-6H2,1-2H3,(H2,14,19)(H,15,17). The Labute approximate surface area is 117 Å². The summed E-state index contributed by atoms with van der Waals surface area (Å²) in [5.41, 5.74) is 8.54. The van der Waals surface area contributed by atoms with Crippen molar-refractivity contribution >= 4 is 23.0 Å². The molecule has 0 unspecified atom stereocenters. The molecule has 0 aliphatic heterocycles. The number of aryl methyl sites for hydroxylation is 2. The summed E-state index contributed by atoms with van der Waals surface area (Å²) >= 11 is 5.02. The molecule has 2 aromatic heterocycles.